The molecule has 0 aromatic carbocycles. The van der Waals surface area contributed by atoms with E-state index < -0.39 is 0 Å². The van der Waals surface area contributed by atoms with Crippen LogP contribution in [0.3, 0.4) is 0 Å². The monoisotopic (exact) mass is 155 g/mol. The summed E-state index contributed by atoms with van der Waals surface area (Å²) < 4.78 is 0. The highest BCUT2D eigenvalue weighted by atomic mass is 16.3. The minimum atomic E-state index is -0.0220. The van der Waals surface area contributed by atoms with Gasteiger partial charge in [-0.05, 0) is 31.2 Å². The Bertz CT molecular complexity index is 132. The van der Waals surface area contributed by atoms with Crippen LogP contribution in [0.5, 0.6) is 0 Å². The summed E-state index contributed by atoms with van der Waals surface area (Å²) in [6, 6.07) is 0. The van der Waals surface area contributed by atoms with Crippen molar-refractivity contribution in [3.05, 3.63) is 0 Å². The number of fused-ring (bicyclic) bond motifs is 1. The molecule has 0 aromatic rings. The lowest BCUT2D eigenvalue weighted by Gasteiger charge is -2.34. The zero-order valence-corrected chi connectivity index (χ0v) is 7.09. The van der Waals surface area contributed by atoms with Crippen LogP contribution in [0.1, 0.15) is 19.8 Å². The first-order valence-electron chi connectivity index (χ1n) is 4.68. The SMILES string of the molecule is C[C@@H]1CC[C@H](O)[C@H]2CNCC12. The van der Waals surface area contributed by atoms with E-state index in [9.17, 15) is 5.11 Å². The Balaban J connectivity index is 2.08. The summed E-state index contributed by atoms with van der Waals surface area (Å²) in [6.45, 7) is 4.48. The molecule has 0 bridgehead atoms. The van der Waals surface area contributed by atoms with Gasteiger partial charge >= 0.3 is 0 Å². The third kappa shape index (κ3) is 1.18. The van der Waals surface area contributed by atoms with Crippen molar-refractivity contribution in [2.75, 3.05) is 13.1 Å². The van der Waals surface area contributed by atoms with Gasteiger partial charge in [0, 0.05) is 12.5 Å². The van der Waals surface area contributed by atoms with Crippen molar-refractivity contribution >= 4 is 0 Å². The highest BCUT2D eigenvalue weighted by Crippen LogP contribution is 2.36. The molecule has 1 saturated carbocycles. The highest BCUT2D eigenvalue weighted by molar-refractivity contribution is 4.92. The van der Waals surface area contributed by atoms with Gasteiger partial charge in [-0.3, -0.25) is 0 Å². The molecule has 11 heavy (non-hydrogen) atoms. The molecule has 2 aliphatic rings. The largest absolute Gasteiger partial charge is 0.393 e. The fourth-order valence-corrected chi connectivity index (χ4v) is 2.63. The Morgan fingerprint density at radius 3 is 2.64 bits per heavy atom. The van der Waals surface area contributed by atoms with Crippen molar-refractivity contribution < 1.29 is 5.11 Å². The molecule has 1 heterocycles. The summed E-state index contributed by atoms with van der Waals surface area (Å²) in [6.07, 6.45) is 2.21. The summed E-state index contributed by atoms with van der Waals surface area (Å²) in [5, 5.41) is 13.0. The lowest BCUT2D eigenvalue weighted by molar-refractivity contribution is 0.0320. The maximum absolute atomic E-state index is 9.66. The molecule has 2 nitrogen and oxygen atoms in total. The number of hydrogen-bond acceptors (Lipinski definition) is 2. The molecule has 64 valence electrons. The maximum Gasteiger partial charge on any atom is 0.0583 e. The van der Waals surface area contributed by atoms with Crippen molar-refractivity contribution in [1.82, 2.24) is 5.32 Å². The Hall–Kier alpha value is -0.0800. The third-order valence-corrected chi connectivity index (χ3v) is 3.45. The van der Waals surface area contributed by atoms with Crippen molar-refractivity contribution in [2.24, 2.45) is 17.8 Å². The standard InChI is InChI=1S/C9H17NO/c1-6-2-3-9(11)8-5-10-4-7(6)8/h6-11H,2-5H2,1H3/t6-,7?,8+,9+/m1/s1. The molecular weight excluding hydrogens is 138 g/mol. The summed E-state index contributed by atoms with van der Waals surface area (Å²) in [4.78, 5) is 0. The van der Waals surface area contributed by atoms with Crippen LogP contribution in [0.15, 0.2) is 0 Å². The van der Waals surface area contributed by atoms with Gasteiger partial charge < -0.3 is 10.4 Å². The van der Waals surface area contributed by atoms with E-state index in [0.29, 0.717) is 5.92 Å². The van der Waals surface area contributed by atoms with E-state index in [1.807, 2.05) is 0 Å². The quantitative estimate of drug-likeness (QED) is 0.537. The second-order valence-electron chi connectivity index (χ2n) is 4.11. The molecule has 1 saturated heterocycles. The molecule has 1 unspecified atom stereocenters. The third-order valence-electron chi connectivity index (χ3n) is 3.45. The van der Waals surface area contributed by atoms with Gasteiger partial charge in [0.25, 0.3) is 0 Å². The zero-order chi connectivity index (χ0) is 7.84. The second kappa shape index (κ2) is 2.76. The molecule has 0 radical (unpaired) electrons. The fourth-order valence-electron chi connectivity index (χ4n) is 2.63. The van der Waals surface area contributed by atoms with Crippen molar-refractivity contribution in [2.45, 2.75) is 25.9 Å². The molecule has 0 spiro atoms. The van der Waals surface area contributed by atoms with Gasteiger partial charge in [-0.15, -0.1) is 0 Å². The molecule has 2 N–H and O–H groups in total. The minimum absolute atomic E-state index is 0.0220. The Morgan fingerprint density at radius 1 is 1.18 bits per heavy atom. The van der Waals surface area contributed by atoms with E-state index in [1.54, 1.807) is 0 Å². The van der Waals surface area contributed by atoms with Crippen molar-refractivity contribution in [3.8, 4) is 0 Å². The molecule has 2 heteroatoms. The first kappa shape index (κ1) is 7.56. The fraction of sp³-hybridized carbons (Fsp3) is 1.00. The number of nitrogens with one attached hydrogen (secondary N) is 1. The van der Waals surface area contributed by atoms with E-state index in [1.165, 1.54) is 6.42 Å². The molecule has 1 aliphatic heterocycles. The summed E-state index contributed by atoms with van der Waals surface area (Å²) in [5.41, 5.74) is 0. The van der Waals surface area contributed by atoms with Gasteiger partial charge in [-0.1, -0.05) is 6.92 Å². The molecule has 2 fully saturated rings. The number of aliphatic hydroxyl groups excluding tert-OH is 1. The first-order chi connectivity index (χ1) is 5.29. The average Bonchev–Trinajstić information content (AvgIpc) is 2.45. The lowest BCUT2D eigenvalue weighted by Crippen LogP contribution is -2.35. The lowest BCUT2D eigenvalue weighted by atomic mass is 9.73. The first-order valence-corrected chi connectivity index (χ1v) is 4.68. The number of hydrogen-bond donors (Lipinski definition) is 2. The Kier molecular flexibility index (Phi) is 1.90. The second-order valence-corrected chi connectivity index (χ2v) is 4.11. The van der Waals surface area contributed by atoms with Crippen molar-refractivity contribution in [1.29, 1.82) is 0 Å². The summed E-state index contributed by atoms with van der Waals surface area (Å²) in [5.74, 6) is 2.12. The van der Waals surface area contributed by atoms with E-state index in [2.05, 4.69) is 12.2 Å². The molecule has 2 rings (SSSR count). The van der Waals surface area contributed by atoms with Crippen LogP contribution >= 0.6 is 0 Å². The highest BCUT2D eigenvalue weighted by Gasteiger charge is 2.39. The van der Waals surface area contributed by atoms with Gasteiger partial charge in [-0.25, -0.2) is 0 Å². The zero-order valence-electron chi connectivity index (χ0n) is 7.09. The molecule has 1 aliphatic carbocycles. The van der Waals surface area contributed by atoms with Crippen LogP contribution in [-0.4, -0.2) is 24.3 Å². The van der Waals surface area contributed by atoms with Crippen LogP contribution in [-0.2, 0) is 0 Å². The summed E-state index contributed by atoms with van der Waals surface area (Å²) >= 11 is 0. The predicted molar refractivity (Wildman–Crippen MR) is 44.3 cm³/mol. The van der Waals surface area contributed by atoms with E-state index in [-0.39, 0.29) is 6.10 Å². The number of aliphatic hydroxyl groups is 1. The van der Waals surface area contributed by atoms with Crippen LogP contribution in [0.25, 0.3) is 0 Å². The summed E-state index contributed by atoms with van der Waals surface area (Å²) in [7, 11) is 0. The van der Waals surface area contributed by atoms with Crippen LogP contribution in [0.2, 0.25) is 0 Å². The van der Waals surface area contributed by atoms with Gasteiger partial charge in [0.15, 0.2) is 0 Å². The van der Waals surface area contributed by atoms with E-state index >= 15 is 0 Å². The van der Waals surface area contributed by atoms with Crippen LogP contribution < -0.4 is 5.32 Å². The van der Waals surface area contributed by atoms with Gasteiger partial charge in [0.1, 0.15) is 0 Å². The van der Waals surface area contributed by atoms with E-state index in [4.69, 9.17) is 0 Å². The molecule has 4 atom stereocenters. The molecule has 0 aromatic heterocycles. The van der Waals surface area contributed by atoms with Crippen LogP contribution in [0, 0.1) is 17.8 Å². The molecule has 0 amide bonds. The number of rotatable bonds is 0. The smallest absolute Gasteiger partial charge is 0.0583 e. The van der Waals surface area contributed by atoms with Crippen molar-refractivity contribution in [3.63, 3.8) is 0 Å². The molecular formula is C9H17NO. The topological polar surface area (TPSA) is 32.3 Å². The minimum Gasteiger partial charge on any atom is -0.393 e. The van der Waals surface area contributed by atoms with Crippen LogP contribution in [0.4, 0.5) is 0 Å². The van der Waals surface area contributed by atoms with E-state index in [0.717, 1.165) is 31.3 Å². The maximum atomic E-state index is 9.66. The van der Waals surface area contributed by atoms with Gasteiger partial charge in [-0.2, -0.15) is 0 Å². The Morgan fingerprint density at radius 2 is 1.91 bits per heavy atom. The van der Waals surface area contributed by atoms with Gasteiger partial charge in [0.05, 0.1) is 6.10 Å². The normalized spacial score (nSPS) is 50.7. The van der Waals surface area contributed by atoms with Gasteiger partial charge in [0.2, 0.25) is 0 Å². The predicted octanol–water partition coefficient (Wildman–Crippen LogP) is 0.613. The Labute approximate surface area is 68.0 Å². The average molecular weight is 155 g/mol.